The Morgan fingerprint density at radius 2 is 2.04 bits per heavy atom. The minimum Gasteiger partial charge on any atom is -0.451 e. The van der Waals surface area contributed by atoms with Crippen molar-refractivity contribution in [1.29, 1.82) is 0 Å². The van der Waals surface area contributed by atoms with Crippen LogP contribution in [0.25, 0.3) is 10.6 Å². The number of amides is 1. The summed E-state index contributed by atoms with van der Waals surface area (Å²) in [5.41, 5.74) is 0.848. The maximum absolute atomic E-state index is 12.9. The molecule has 0 saturated heterocycles. The van der Waals surface area contributed by atoms with Crippen molar-refractivity contribution >= 4 is 23.2 Å². The quantitative estimate of drug-likeness (QED) is 0.777. The Bertz CT molecular complexity index is 700. The molecular formula is C17H19FN2O3S. The number of thiazole rings is 1. The predicted molar refractivity (Wildman–Crippen MR) is 90.3 cm³/mol. The molecule has 0 radical (unpaired) electrons. The number of carbonyl (C=O) groups excluding carboxylic acids is 2. The van der Waals surface area contributed by atoms with E-state index in [1.807, 2.05) is 13.8 Å². The van der Waals surface area contributed by atoms with Gasteiger partial charge in [-0.3, -0.25) is 4.79 Å². The van der Waals surface area contributed by atoms with Crippen LogP contribution < -0.4 is 5.32 Å². The zero-order valence-corrected chi connectivity index (χ0v) is 14.4. The van der Waals surface area contributed by atoms with E-state index in [1.54, 1.807) is 17.5 Å². The first-order valence-electron chi connectivity index (χ1n) is 7.67. The van der Waals surface area contributed by atoms with Gasteiger partial charge < -0.3 is 10.1 Å². The summed E-state index contributed by atoms with van der Waals surface area (Å²) in [5.74, 6) is -1.32. The lowest BCUT2D eigenvalue weighted by atomic mass is 10.2. The second-order valence-electron chi connectivity index (χ2n) is 5.38. The first kappa shape index (κ1) is 18.1. The lowest BCUT2D eigenvalue weighted by Gasteiger charge is -2.12. The van der Waals surface area contributed by atoms with Gasteiger partial charge in [-0.1, -0.05) is 13.3 Å². The Kier molecular flexibility index (Phi) is 6.43. The van der Waals surface area contributed by atoms with Crippen LogP contribution in [0.15, 0.2) is 29.6 Å². The number of benzene rings is 1. The lowest BCUT2D eigenvalue weighted by Crippen LogP contribution is -2.35. The normalized spacial score (nSPS) is 11.8. The highest BCUT2D eigenvalue weighted by Gasteiger charge is 2.15. The van der Waals surface area contributed by atoms with E-state index in [2.05, 4.69) is 10.3 Å². The lowest BCUT2D eigenvalue weighted by molar-refractivity contribution is -0.124. The first-order valence-corrected chi connectivity index (χ1v) is 8.55. The third-order valence-corrected chi connectivity index (χ3v) is 4.16. The van der Waals surface area contributed by atoms with Gasteiger partial charge in [0.2, 0.25) is 0 Å². The van der Waals surface area contributed by atoms with Crippen LogP contribution in [-0.4, -0.2) is 29.5 Å². The van der Waals surface area contributed by atoms with Crippen LogP contribution in [0.3, 0.4) is 0 Å². The molecular weight excluding hydrogens is 331 g/mol. The molecule has 0 unspecified atom stereocenters. The van der Waals surface area contributed by atoms with Crippen LogP contribution in [0, 0.1) is 5.82 Å². The average molecular weight is 350 g/mol. The monoisotopic (exact) mass is 350 g/mol. The highest BCUT2D eigenvalue weighted by Crippen LogP contribution is 2.24. The largest absolute Gasteiger partial charge is 0.451 e. The number of ether oxygens (including phenoxy) is 1. The van der Waals surface area contributed by atoms with Crippen molar-refractivity contribution in [2.75, 3.05) is 6.61 Å². The van der Waals surface area contributed by atoms with Crippen LogP contribution in [0.4, 0.5) is 4.39 Å². The molecule has 0 spiro atoms. The van der Waals surface area contributed by atoms with Crippen LogP contribution in [-0.2, 0) is 9.53 Å². The van der Waals surface area contributed by atoms with Crippen LogP contribution in [0.1, 0.15) is 37.2 Å². The number of hydrogen-bond donors (Lipinski definition) is 1. The number of halogens is 1. The second kappa shape index (κ2) is 8.54. The van der Waals surface area contributed by atoms with E-state index in [0.717, 1.165) is 12.8 Å². The number of nitrogens with one attached hydrogen (secondary N) is 1. The number of esters is 1. The molecule has 5 nitrogen and oxygen atoms in total. The molecule has 0 bridgehead atoms. The standard InChI is InChI=1S/C17H19FN2O3S/c1-3-4-11(2)19-15(21)9-23-17(22)14-10-24-16(20-14)12-5-7-13(18)8-6-12/h5-8,10-11H,3-4,9H2,1-2H3,(H,19,21)/t11-/m1/s1. The molecule has 0 saturated carbocycles. The van der Waals surface area contributed by atoms with Gasteiger partial charge in [0.1, 0.15) is 10.8 Å². The zero-order chi connectivity index (χ0) is 17.5. The van der Waals surface area contributed by atoms with Crippen molar-refractivity contribution in [3.63, 3.8) is 0 Å². The van der Waals surface area contributed by atoms with E-state index < -0.39 is 5.97 Å². The van der Waals surface area contributed by atoms with E-state index in [9.17, 15) is 14.0 Å². The van der Waals surface area contributed by atoms with Gasteiger partial charge in [0.05, 0.1) is 0 Å². The van der Waals surface area contributed by atoms with Gasteiger partial charge in [-0.2, -0.15) is 0 Å². The summed E-state index contributed by atoms with van der Waals surface area (Å²) in [6, 6.07) is 5.88. The van der Waals surface area contributed by atoms with Crippen LogP contribution in [0.5, 0.6) is 0 Å². The molecule has 1 atom stereocenters. The Labute approximate surface area is 143 Å². The van der Waals surface area contributed by atoms with Gasteiger partial charge >= 0.3 is 5.97 Å². The number of carbonyl (C=O) groups is 2. The minimum atomic E-state index is -0.655. The van der Waals surface area contributed by atoms with Gasteiger partial charge in [-0.25, -0.2) is 14.2 Å². The second-order valence-corrected chi connectivity index (χ2v) is 6.24. The molecule has 7 heteroatoms. The number of nitrogens with zero attached hydrogens (tertiary/aromatic N) is 1. The summed E-state index contributed by atoms with van der Waals surface area (Å²) in [5, 5.41) is 4.89. The molecule has 1 N–H and O–H groups in total. The van der Waals surface area contributed by atoms with E-state index >= 15 is 0 Å². The Balaban J connectivity index is 1.89. The van der Waals surface area contributed by atoms with Crippen molar-refractivity contribution in [3.8, 4) is 10.6 Å². The molecule has 1 aromatic heterocycles. The number of rotatable bonds is 7. The molecule has 2 aromatic rings. The summed E-state index contributed by atoms with van der Waals surface area (Å²) in [6.07, 6.45) is 1.83. The highest BCUT2D eigenvalue weighted by molar-refractivity contribution is 7.13. The number of aromatic nitrogens is 1. The molecule has 0 aliphatic rings. The summed E-state index contributed by atoms with van der Waals surface area (Å²) >= 11 is 1.25. The Morgan fingerprint density at radius 1 is 1.33 bits per heavy atom. The fraction of sp³-hybridized carbons (Fsp3) is 0.353. The van der Waals surface area contributed by atoms with Gasteiger partial charge in [-0.05, 0) is 37.6 Å². The van der Waals surface area contributed by atoms with Crippen molar-refractivity contribution in [1.82, 2.24) is 10.3 Å². The third-order valence-electron chi connectivity index (χ3n) is 3.27. The van der Waals surface area contributed by atoms with E-state index in [-0.39, 0.29) is 30.1 Å². The summed E-state index contributed by atoms with van der Waals surface area (Å²) in [4.78, 5) is 27.8. The molecule has 1 heterocycles. The van der Waals surface area contributed by atoms with E-state index in [0.29, 0.717) is 10.6 Å². The summed E-state index contributed by atoms with van der Waals surface area (Å²) < 4.78 is 17.9. The smallest absolute Gasteiger partial charge is 0.358 e. The van der Waals surface area contributed by atoms with Gasteiger partial charge in [0, 0.05) is 17.0 Å². The maximum Gasteiger partial charge on any atom is 0.358 e. The highest BCUT2D eigenvalue weighted by atomic mass is 32.1. The predicted octanol–water partition coefficient (Wildman–Crippen LogP) is 3.41. The van der Waals surface area contributed by atoms with Crippen molar-refractivity contribution in [2.45, 2.75) is 32.7 Å². The average Bonchev–Trinajstić information content (AvgIpc) is 3.03. The van der Waals surface area contributed by atoms with Gasteiger partial charge in [0.25, 0.3) is 5.91 Å². The maximum atomic E-state index is 12.9. The third kappa shape index (κ3) is 5.13. The topological polar surface area (TPSA) is 68.3 Å². The van der Waals surface area contributed by atoms with E-state index in [1.165, 1.54) is 23.5 Å². The van der Waals surface area contributed by atoms with Gasteiger partial charge in [0.15, 0.2) is 12.3 Å². The van der Waals surface area contributed by atoms with E-state index in [4.69, 9.17) is 4.74 Å². The van der Waals surface area contributed by atoms with Gasteiger partial charge in [-0.15, -0.1) is 11.3 Å². The van der Waals surface area contributed by atoms with Crippen molar-refractivity contribution in [2.24, 2.45) is 0 Å². The fourth-order valence-electron chi connectivity index (χ4n) is 2.12. The first-order chi connectivity index (χ1) is 11.5. The van der Waals surface area contributed by atoms with Crippen molar-refractivity contribution in [3.05, 3.63) is 41.2 Å². The molecule has 24 heavy (non-hydrogen) atoms. The SMILES string of the molecule is CCC[C@@H](C)NC(=O)COC(=O)c1csc(-c2ccc(F)cc2)n1. The summed E-state index contributed by atoms with van der Waals surface area (Å²) in [7, 11) is 0. The summed E-state index contributed by atoms with van der Waals surface area (Å²) in [6.45, 7) is 3.60. The number of hydrogen-bond acceptors (Lipinski definition) is 5. The fourth-order valence-corrected chi connectivity index (χ4v) is 2.91. The Morgan fingerprint density at radius 3 is 2.71 bits per heavy atom. The molecule has 1 amide bonds. The minimum absolute atomic E-state index is 0.0468. The molecule has 2 rings (SSSR count). The molecule has 1 aromatic carbocycles. The van der Waals surface area contributed by atoms with Crippen LogP contribution in [0.2, 0.25) is 0 Å². The molecule has 128 valence electrons. The van der Waals surface area contributed by atoms with Crippen molar-refractivity contribution < 1.29 is 18.7 Å². The molecule has 0 aliphatic carbocycles. The molecule has 0 fully saturated rings. The Hall–Kier alpha value is -2.28. The van der Waals surface area contributed by atoms with Crippen LogP contribution >= 0.6 is 11.3 Å². The zero-order valence-electron chi connectivity index (χ0n) is 13.5. The molecule has 0 aliphatic heterocycles.